The van der Waals surface area contributed by atoms with E-state index >= 15 is 0 Å². The van der Waals surface area contributed by atoms with Gasteiger partial charge in [-0.05, 0) is 13.5 Å². The van der Waals surface area contributed by atoms with Gasteiger partial charge in [0.25, 0.3) is 0 Å². The van der Waals surface area contributed by atoms with Crippen molar-refractivity contribution in [1.29, 1.82) is 0 Å². The molecule has 0 heterocycles. The highest BCUT2D eigenvalue weighted by molar-refractivity contribution is 7.89. The SMILES string of the molecule is CCN[C@H](C)CNS(=O)(=O)c1cc(OC)cc(OC)c1.Cl. The van der Waals surface area contributed by atoms with Crippen LogP contribution in [0.3, 0.4) is 0 Å². The van der Waals surface area contributed by atoms with E-state index in [1.807, 2.05) is 13.8 Å². The normalized spacial score (nSPS) is 12.4. The number of sulfonamides is 1. The molecule has 0 amide bonds. The Balaban J connectivity index is 0.00000400. The van der Waals surface area contributed by atoms with Crippen molar-refractivity contribution >= 4 is 22.4 Å². The fraction of sp³-hybridized carbons (Fsp3) is 0.538. The van der Waals surface area contributed by atoms with Gasteiger partial charge in [0, 0.05) is 30.8 Å². The van der Waals surface area contributed by atoms with Gasteiger partial charge in [-0.25, -0.2) is 13.1 Å². The van der Waals surface area contributed by atoms with E-state index in [9.17, 15) is 8.42 Å². The lowest BCUT2D eigenvalue weighted by Crippen LogP contribution is -2.38. The lowest BCUT2D eigenvalue weighted by molar-refractivity contribution is 0.392. The van der Waals surface area contributed by atoms with Crippen molar-refractivity contribution in [2.24, 2.45) is 0 Å². The molecule has 1 aromatic carbocycles. The van der Waals surface area contributed by atoms with Crippen LogP contribution in [-0.2, 0) is 10.0 Å². The first-order valence-electron chi connectivity index (χ1n) is 6.39. The van der Waals surface area contributed by atoms with Gasteiger partial charge in [0.05, 0.1) is 19.1 Å². The molecule has 0 spiro atoms. The maximum Gasteiger partial charge on any atom is 0.240 e. The zero-order valence-electron chi connectivity index (χ0n) is 12.7. The van der Waals surface area contributed by atoms with E-state index in [1.54, 1.807) is 6.07 Å². The van der Waals surface area contributed by atoms with Gasteiger partial charge in [-0.1, -0.05) is 6.92 Å². The molecule has 1 aromatic rings. The Morgan fingerprint density at radius 2 is 1.67 bits per heavy atom. The molecule has 0 aliphatic carbocycles. The lowest BCUT2D eigenvalue weighted by atomic mass is 10.3. The predicted octanol–water partition coefficient (Wildman–Crippen LogP) is 1.40. The fourth-order valence-corrected chi connectivity index (χ4v) is 2.85. The molecule has 8 heteroatoms. The van der Waals surface area contributed by atoms with Crippen molar-refractivity contribution in [2.45, 2.75) is 24.8 Å². The van der Waals surface area contributed by atoms with E-state index in [0.717, 1.165) is 6.54 Å². The van der Waals surface area contributed by atoms with Gasteiger partial charge in [-0.2, -0.15) is 0 Å². The topological polar surface area (TPSA) is 76.7 Å². The van der Waals surface area contributed by atoms with E-state index in [4.69, 9.17) is 9.47 Å². The molecule has 1 atom stereocenters. The van der Waals surface area contributed by atoms with Gasteiger partial charge < -0.3 is 14.8 Å². The molecular formula is C13H23ClN2O4S. The highest BCUT2D eigenvalue weighted by Crippen LogP contribution is 2.25. The Labute approximate surface area is 132 Å². The number of methoxy groups -OCH3 is 2. The molecule has 0 aliphatic heterocycles. The van der Waals surface area contributed by atoms with Crippen LogP contribution in [0.4, 0.5) is 0 Å². The summed E-state index contributed by atoms with van der Waals surface area (Å²) in [7, 11) is -0.633. The minimum atomic E-state index is -3.59. The fourth-order valence-electron chi connectivity index (χ4n) is 1.68. The number of hydrogen-bond donors (Lipinski definition) is 2. The minimum Gasteiger partial charge on any atom is -0.497 e. The summed E-state index contributed by atoms with van der Waals surface area (Å²) in [6, 6.07) is 4.61. The highest BCUT2D eigenvalue weighted by Gasteiger charge is 2.17. The molecule has 2 N–H and O–H groups in total. The van der Waals surface area contributed by atoms with Crippen LogP contribution in [0.5, 0.6) is 11.5 Å². The number of halogens is 1. The molecule has 122 valence electrons. The van der Waals surface area contributed by atoms with E-state index in [0.29, 0.717) is 18.0 Å². The number of ether oxygens (including phenoxy) is 2. The first kappa shape index (κ1) is 20.0. The minimum absolute atomic E-state index is 0. The van der Waals surface area contributed by atoms with Crippen LogP contribution in [0.1, 0.15) is 13.8 Å². The molecule has 6 nitrogen and oxygen atoms in total. The van der Waals surface area contributed by atoms with E-state index in [-0.39, 0.29) is 23.3 Å². The summed E-state index contributed by atoms with van der Waals surface area (Å²) in [5.41, 5.74) is 0. The quantitative estimate of drug-likeness (QED) is 0.749. The Morgan fingerprint density at radius 1 is 1.14 bits per heavy atom. The number of benzene rings is 1. The van der Waals surface area contributed by atoms with Crippen molar-refractivity contribution in [3.8, 4) is 11.5 Å². The van der Waals surface area contributed by atoms with E-state index in [2.05, 4.69) is 10.0 Å². The third kappa shape index (κ3) is 6.09. The van der Waals surface area contributed by atoms with Gasteiger partial charge in [0.1, 0.15) is 11.5 Å². The lowest BCUT2D eigenvalue weighted by Gasteiger charge is -2.14. The van der Waals surface area contributed by atoms with Gasteiger partial charge >= 0.3 is 0 Å². The van der Waals surface area contributed by atoms with Crippen LogP contribution >= 0.6 is 12.4 Å². The maximum atomic E-state index is 12.2. The highest BCUT2D eigenvalue weighted by atomic mass is 35.5. The summed E-state index contributed by atoms with van der Waals surface area (Å²) in [6.45, 7) is 4.99. The second kappa shape index (κ2) is 9.09. The van der Waals surface area contributed by atoms with Crippen LogP contribution in [-0.4, -0.2) is 41.8 Å². The van der Waals surface area contributed by atoms with Crippen molar-refractivity contribution < 1.29 is 17.9 Å². The summed E-state index contributed by atoms with van der Waals surface area (Å²) in [4.78, 5) is 0.123. The van der Waals surface area contributed by atoms with E-state index < -0.39 is 10.0 Å². The average molecular weight is 339 g/mol. The molecule has 1 rings (SSSR count). The van der Waals surface area contributed by atoms with Gasteiger partial charge in [0.15, 0.2) is 0 Å². The van der Waals surface area contributed by atoms with Crippen LogP contribution in [0, 0.1) is 0 Å². The third-order valence-corrected chi connectivity index (χ3v) is 4.17. The van der Waals surface area contributed by atoms with Gasteiger partial charge in [-0.3, -0.25) is 0 Å². The van der Waals surface area contributed by atoms with Crippen LogP contribution < -0.4 is 19.5 Å². The smallest absolute Gasteiger partial charge is 0.240 e. The number of hydrogen-bond acceptors (Lipinski definition) is 5. The Bertz CT molecular complexity index is 515. The van der Waals surface area contributed by atoms with Crippen molar-refractivity contribution in [1.82, 2.24) is 10.0 Å². The Kier molecular flexibility index (Phi) is 8.65. The van der Waals surface area contributed by atoms with E-state index in [1.165, 1.54) is 26.4 Å². The summed E-state index contributed by atoms with van der Waals surface area (Å²) in [5, 5.41) is 3.14. The summed E-state index contributed by atoms with van der Waals surface area (Å²) >= 11 is 0. The molecule has 0 aliphatic rings. The number of likely N-dealkylation sites (N-methyl/N-ethyl adjacent to an activating group) is 1. The van der Waals surface area contributed by atoms with Crippen LogP contribution in [0.25, 0.3) is 0 Å². The molecule has 0 radical (unpaired) electrons. The van der Waals surface area contributed by atoms with Gasteiger partial charge in [0.2, 0.25) is 10.0 Å². The molecule has 21 heavy (non-hydrogen) atoms. The van der Waals surface area contributed by atoms with Crippen LogP contribution in [0.2, 0.25) is 0 Å². The second-order valence-corrected chi connectivity index (χ2v) is 6.13. The molecular weight excluding hydrogens is 316 g/mol. The number of nitrogens with one attached hydrogen (secondary N) is 2. The number of rotatable bonds is 8. The predicted molar refractivity (Wildman–Crippen MR) is 85.1 cm³/mol. The maximum absolute atomic E-state index is 12.2. The Hall–Kier alpha value is -1.02. The molecule has 0 fully saturated rings. The molecule has 0 unspecified atom stereocenters. The molecule has 0 aromatic heterocycles. The second-order valence-electron chi connectivity index (χ2n) is 4.36. The summed E-state index contributed by atoms with van der Waals surface area (Å²) in [6.07, 6.45) is 0. The first-order chi connectivity index (χ1) is 9.42. The van der Waals surface area contributed by atoms with Crippen molar-refractivity contribution in [3.63, 3.8) is 0 Å². The third-order valence-electron chi connectivity index (χ3n) is 2.77. The zero-order valence-corrected chi connectivity index (χ0v) is 14.3. The van der Waals surface area contributed by atoms with Crippen LogP contribution in [0.15, 0.2) is 23.1 Å². The standard InChI is InChI=1S/C13H22N2O4S.ClH/c1-5-14-10(2)9-15-20(16,17)13-7-11(18-3)6-12(8-13)19-4;/h6-8,10,14-15H,5,9H2,1-4H3;1H/t10-;/m1./s1. The zero-order chi connectivity index (χ0) is 15.2. The first-order valence-corrected chi connectivity index (χ1v) is 7.87. The monoisotopic (exact) mass is 338 g/mol. The largest absolute Gasteiger partial charge is 0.497 e. The average Bonchev–Trinajstić information content (AvgIpc) is 2.45. The molecule has 0 saturated carbocycles. The molecule has 0 bridgehead atoms. The summed E-state index contributed by atoms with van der Waals surface area (Å²) < 4.78 is 37.2. The Morgan fingerprint density at radius 3 is 2.10 bits per heavy atom. The van der Waals surface area contributed by atoms with Gasteiger partial charge in [-0.15, -0.1) is 12.4 Å². The summed E-state index contributed by atoms with van der Waals surface area (Å²) in [5.74, 6) is 0.869. The van der Waals surface area contributed by atoms with Crippen molar-refractivity contribution in [2.75, 3.05) is 27.3 Å². The van der Waals surface area contributed by atoms with Crippen molar-refractivity contribution in [3.05, 3.63) is 18.2 Å². The molecule has 0 saturated heterocycles.